The van der Waals surface area contributed by atoms with Gasteiger partial charge in [0.05, 0.1) is 5.69 Å². The Balaban J connectivity index is 2.04. The molecule has 0 unspecified atom stereocenters. The molecule has 3 aromatic rings. The van der Waals surface area contributed by atoms with Crippen LogP contribution in [-0.4, -0.2) is 23.4 Å². The summed E-state index contributed by atoms with van der Waals surface area (Å²) < 4.78 is 0. The third-order valence-electron chi connectivity index (χ3n) is 5.15. The van der Waals surface area contributed by atoms with Gasteiger partial charge >= 0.3 is 0 Å². The standard InChI is InChI=1S/C28H28N4O/c1-4-23(18-30-19-29)20(2)32-27-15-9-14-26(24-11-6-5-7-12-24)28(27)21(3)31-17-22-10-8-13-25(33)16-22/h4-16,18-19,29,31,33H,3,17H2,1-2H3/b23-4+,29-19?,30-18?,32-20?. The molecule has 33 heavy (non-hydrogen) atoms. The molecule has 5 heteroatoms. The maximum absolute atomic E-state index is 9.77. The Morgan fingerprint density at radius 1 is 1.06 bits per heavy atom. The molecule has 0 saturated carbocycles. The van der Waals surface area contributed by atoms with Gasteiger partial charge in [0.15, 0.2) is 0 Å². The molecule has 0 bridgehead atoms. The lowest BCUT2D eigenvalue weighted by Gasteiger charge is -2.17. The molecule has 0 radical (unpaired) electrons. The van der Waals surface area contributed by atoms with Gasteiger partial charge in [0.1, 0.15) is 12.1 Å². The van der Waals surface area contributed by atoms with Crippen LogP contribution in [0.3, 0.4) is 0 Å². The smallest absolute Gasteiger partial charge is 0.115 e. The minimum absolute atomic E-state index is 0.232. The number of nitrogens with zero attached hydrogens (tertiary/aromatic N) is 2. The van der Waals surface area contributed by atoms with Gasteiger partial charge in [-0.05, 0) is 48.7 Å². The summed E-state index contributed by atoms with van der Waals surface area (Å²) in [5.74, 6) is 0.232. The molecule has 0 aliphatic rings. The van der Waals surface area contributed by atoms with Gasteiger partial charge in [-0.2, -0.15) is 0 Å². The molecular weight excluding hydrogens is 408 g/mol. The van der Waals surface area contributed by atoms with E-state index in [4.69, 9.17) is 10.4 Å². The van der Waals surface area contributed by atoms with Gasteiger partial charge in [-0.25, -0.2) is 4.99 Å². The van der Waals surface area contributed by atoms with E-state index in [1.54, 1.807) is 18.3 Å². The topological polar surface area (TPSA) is 80.8 Å². The van der Waals surface area contributed by atoms with Crippen molar-refractivity contribution in [3.63, 3.8) is 0 Å². The number of benzene rings is 3. The summed E-state index contributed by atoms with van der Waals surface area (Å²) in [5, 5.41) is 20.3. The monoisotopic (exact) mass is 436 g/mol. The molecule has 0 heterocycles. The lowest BCUT2D eigenvalue weighted by atomic mass is 9.96. The Morgan fingerprint density at radius 3 is 2.52 bits per heavy atom. The molecule has 0 aliphatic carbocycles. The van der Waals surface area contributed by atoms with Gasteiger partial charge in [-0.15, -0.1) is 0 Å². The fourth-order valence-corrected chi connectivity index (χ4v) is 3.51. The highest BCUT2D eigenvalue weighted by Crippen LogP contribution is 2.35. The van der Waals surface area contributed by atoms with Crippen LogP contribution in [0.5, 0.6) is 5.75 Å². The molecule has 3 rings (SSSR count). The second-order valence-electron chi connectivity index (χ2n) is 7.42. The predicted octanol–water partition coefficient (Wildman–Crippen LogP) is 6.54. The van der Waals surface area contributed by atoms with Crippen molar-refractivity contribution in [2.24, 2.45) is 9.98 Å². The number of hydrogen-bond acceptors (Lipinski definition) is 4. The second-order valence-corrected chi connectivity index (χ2v) is 7.42. The molecule has 0 spiro atoms. The fourth-order valence-electron chi connectivity index (χ4n) is 3.51. The van der Waals surface area contributed by atoms with Crippen molar-refractivity contribution >= 4 is 29.6 Å². The van der Waals surface area contributed by atoms with Crippen molar-refractivity contribution in [1.82, 2.24) is 5.32 Å². The number of aliphatic imine (C=N–C) groups is 2. The van der Waals surface area contributed by atoms with Crippen molar-refractivity contribution in [3.05, 3.63) is 102 Å². The van der Waals surface area contributed by atoms with E-state index in [-0.39, 0.29) is 5.75 Å². The average Bonchev–Trinajstić information content (AvgIpc) is 2.83. The third kappa shape index (κ3) is 6.14. The van der Waals surface area contributed by atoms with Crippen LogP contribution >= 0.6 is 0 Å². The van der Waals surface area contributed by atoms with Gasteiger partial charge in [0, 0.05) is 35.3 Å². The molecule has 0 aromatic heterocycles. The van der Waals surface area contributed by atoms with Crippen molar-refractivity contribution in [2.45, 2.75) is 20.4 Å². The van der Waals surface area contributed by atoms with Gasteiger partial charge < -0.3 is 10.4 Å². The highest BCUT2D eigenvalue weighted by Gasteiger charge is 2.14. The summed E-state index contributed by atoms with van der Waals surface area (Å²) in [4.78, 5) is 8.82. The molecule has 0 aliphatic heterocycles. The van der Waals surface area contributed by atoms with Crippen LogP contribution in [0.4, 0.5) is 5.69 Å². The third-order valence-corrected chi connectivity index (χ3v) is 5.15. The Hall–Kier alpha value is -4.25. The van der Waals surface area contributed by atoms with Crippen LogP contribution in [-0.2, 0) is 6.54 Å². The zero-order valence-electron chi connectivity index (χ0n) is 18.9. The van der Waals surface area contributed by atoms with Crippen LogP contribution in [0.2, 0.25) is 0 Å². The van der Waals surface area contributed by atoms with E-state index in [2.05, 4.69) is 35.1 Å². The van der Waals surface area contributed by atoms with E-state index in [1.165, 1.54) is 0 Å². The van der Waals surface area contributed by atoms with Crippen molar-refractivity contribution in [3.8, 4) is 16.9 Å². The summed E-state index contributed by atoms with van der Waals surface area (Å²) in [6.07, 6.45) is 4.55. The van der Waals surface area contributed by atoms with E-state index in [1.807, 2.05) is 62.4 Å². The number of allylic oxidation sites excluding steroid dienone is 2. The normalized spacial score (nSPS) is 12.1. The van der Waals surface area contributed by atoms with Crippen LogP contribution in [0.1, 0.15) is 25.0 Å². The zero-order chi connectivity index (χ0) is 23.6. The maximum Gasteiger partial charge on any atom is 0.115 e. The molecular formula is C28H28N4O. The van der Waals surface area contributed by atoms with E-state index < -0.39 is 0 Å². The largest absolute Gasteiger partial charge is 0.508 e. The van der Waals surface area contributed by atoms with Crippen molar-refractivity contribution in [2.75, 3.05) is 0 Å². The van der Waals surface area contributed by atoms with Crippen LogP contribution in [0.15, 0.2) is 101 Å². The van der Waals surface area contributed by atoms with Gasteiger partial charge in [0.2, 0.25) is 0 Å². The maximum atomic E-state index is 9.77. The SMILES string of the molecule is C=C(NCc1cccc(O)c1)c1c(N=C(C)/C(C=NC=N)=C/C)cccc1-c1ccccc1. The summed E-state index contributed by atoms with van der Waals surface area (Å²) in [5.41, 5.74) is 7.09. The van der Waals surface area contributed by atoms with E-state index in [9.17, 15) is 5.11 Å². The molecule has 0 atom stereocenters. The number of hydrogen-bond donors (Lipinski definition) is 3. The highest BCUT2D eigenvalue weighted by atomic mass is 16.3. The highest BCUT2D eigenvalue weighted by molar-refractivity contribution is 6.16. The molecule has 0 amide bonds. The Kier molecular flexibility index (Phi) is 8.08. The molecule has 3 N–H and O–H groups in total. The Morgan fingerprint density at radius 2 is 1.82 bits per heavy atom. The predicted molar refractivity (Wildman–Crippen MR) is 140 cm³/mol. The summed E-state index contributed by atoms with van der Waals surface area (Å²) in [6.45, 7) is 8.68. The summed E-state index contributed by atoms with van der Waals surface area (Å²) in [6, 6.07) is 23.3. The zero-order valence-corrected chi connectivity index (χ0v) is 18.9. The van der Waals surface area contributed by atoms with Crippen LogP contribution < -0.4 is 5.32 Å². The minimum atomic E-state index is 0.232. The molecule has 0 saturated heterocycles. The summed E-state index contributed by atoms with van der Waals surface area (Å²) in [7, 11) is 0. The van der Waals surface area contributed by atoms with Crippen LogP contribution in [0, 0.1) is 5.41 Å². The van der Waals surface area contributed by atoms with Crippen LogP contribution in [0.25, 0.3) is 16.8 Å². The van der Waals surface area contributed by atoms with E-state index in [0.29, 0.717) is 6.54 Å². The van der Waals surface area contributed by atoms with Gasteiger partial charge in [-0.1, -0.05) is 67.3 Å². The van der Waals surface area contributed by atoms with E-state index in [0.717, 1.165) is 51.3 Å². The first-order valence-corrected chi connectivity index (χ1v) is 10.7. The first-order chi connectivity index (χ1) is 16.0. The first kappa shape index (κ1) is 23.4. The van der Waals surface area contributed by atoms with E-state index >= 15 is 0 Å². The van der Waals surface area contributed by atoms with Gasteiger partial charge in [0.25, 0.3) is 0 Å². The number of phenols is 1. The van der Waals surface area contributed by atoms with Crippen molar-refractivity contribution < 1.29 is 5.11 Å². The van der Waals surface area contributed by atoms with Gasteiger partial charge in [-0.3, -0.25) is 10.4 Å². The lowest BCUT2D eigenvalue weighted by Crippen LogP contribution is -2.12. The Labute approximate surface area is 195 Å². The first-order valence-electron chi connectivity index (χ1n) is 10.7. The minimum Gasteiger partial charge on any atom is -0.508 e. The average molecular weight is 437 g/mol. The molecule has 0 fully saturated rings. The van der Waals surface area contributed by atoms with Crippen molar-refractivity contribution in [1.29, 1.82) is 5.41 Å². The number of nitrogens with one attached hydrogen (secondary N) is 2. The number of aromatic hydroxyl groups is 1. The molecule has 3 aromatic carbocycles. The lowest BCUT2D eigenvalue weighted by molar-refractivity contribution is 0.474. The quantitative estimate of drug-likeness (QED) is 0.263. The molecule has 166 valence electrons. The number of phenolic OH excluding ortho intramolecular Hbond substituents is 1. The fraction of sp³-hybridized carbons (Fsp3) is 0.107. The Bertz CT molecular complexity index is 1220. The second kappa shape index (κ2) is 11.4. The number of rotatable bonds is 9. The molecule has 5 nitrogen and oxygen atoms in total. The summed E-state index contributed by atoms with van der Waals surface area (Å²) >= 11 is 0.